The molecule has 0 fully saturated rings. The molecule has 0 N–H and O–H groups in total. The topological polar surface area (TPSA) is 55.7 Å². The van der Waals surface area contributed by atoms with Gasteiger partial charge in [0.05, 0.1) is 23.8 Å². The van der Waals surface area contributed by atoms with Crippen LogP contribution in [-0.4, -0.2) is 24.6 Å². The van der Waals surface area contributed by atoms with Gasteiger partial charge in [-0.1, -0.05) is 23.8 Å². The Morgan fingerprint density at radius 3 is 3.00 bits per heavy atom. The predicted molar refractivity (Wildman–Crippen MR) is 59.1 cm³/mol. The maximum atomic E-state index is 11.7. The molecule has 5 heteroatoms. The second-order valence-electron chi connectivity index (χ2n) is 3.30. The number of halogens is 1. The Kier molecular flexibility index (Phi) is 2.75. The minimum Gasteiger partial charge on any atom is -0.464 e. The maximum absolute atomic E-state index is 11.7. The van der Waals surface area contributed by atoms with Crippen LogP contribution >= 0.6 is 11.6 Å². The third-order valence-electron chi connectivity index (χ3n) is 2.31. The number of ether oxygens (including phenoxy) is 1. The number of carbonyl (C=O) groups excluding carboxylic acids is 2. The van der Waals surface area contributed by atoms with Crippen LogP contribution in [0.2, 0.25) is 0 Å². The largest absolute Gasteiger partial charge is 0.464 e. The first kappa shape index (κ1) is 10.8. The van der Waals surface area contributed by atoms with Gasteiger partial charge in [0.2, 0.25) is 0 Å². The standard InChI is InChI=1S/C11H8ClNO3/c1-16-11(15)8-5-9(14)6-3-2-4-7(12)10(6)13-8/h2-6H,1H3. The summed E-state index contributed by atoms with van der Waals surface area (Å²) in [5.74, 6) is -1.34. The van der Waals surface area contributed by atoms with Crippen molar-refractivity contribution in [3.63, 3.8) is 0 Å². The maximum Gasteiger partial charge on any atom is 0.356 e. The van der Waals surface area contributed by atoms with Crippen LogP contribution in [0.3, 0.4) is 0 Å². The molecular weight excluding hydrogens is 230 g/mol. The van der Waals surface area contributed by atoms with Crippen molar-refractivity contribution in [3.05, 3.63) is 35.0 Å². The molecule has 4 nitrogen and oxygen atoms in total. The predicted octanol–water partition coefficient (Wildman–Crippen LogP) is 1.38. The first-order chi connectivity index (χ1) is 7.63. The lowest BCUT2D eigenvalue weighted by atomic mass is 9.91. The number of carbonyl (C=O) groups is 2. The van der Waals surface area contributed by atoms with Gasteiger partial charge in [-0.15, -0.1) is 0 Å². The molecule has 0 saturated carbocycles. The quantitative estimate of drug-likeness (QED) is 0.648. The van der Waals surface area contributed by atoms with E-state index in [0.717, 1.165) is 0 Å². The van der Waals surface area contributed by atoms with E-state index >= 15 is 0 Å². The van der Waals surface area contributed by atoms with Crippen molar-refractivity contribution in [3.8, 4) is 0 Å². The zero-order valence-corrected chi connectivity index (χ0v) is 9.19. The summed E-state index contributed by atoms with van der Waals surface area (Å²) in [6.45, 7) is 0. The van der Waals surface area contributed by atoms with Gasteiger partial charge in [0, 0.05) is 6.08 Å². The van der Waals surface area contributed by atoms with E-state index < -0.39 is 11.9 Å². The van der Waals surface area contributed by atoms with E-state index in [9.17, 15) is 9.59 Å². The number of hydrogen-bond acceptors (Lipinski definition) is 4. The summed E-state index contributed by atoms with van der Waals surface area (Å²) in [6, 6.07) is 0. The Bertz CT molecular complexity index is 485. The van der Waals surface area contributed by atoms with E-state index in [4.69, 9.17) is 11.6 Å². The molecule has 0 saturated heterocycles. The number of hydrogen-bond donors (Lipinski definition) is 0. The van der Waals surface area contributed by atoms with Crippen molar-refractivity contribution >= 4 is 29.1 Å². The van der Waals surface area contributed by atoms with Gasteiger partial charge >= 0.3 is 5.97 Å². The molecule has 1 aliphatic carbocycles. The summed E-state index contributed by atoms with van der Waals surface area (Å²) < 4.78 is 4.51. The van der Waals surface area contributed by atoms with Crippen LogP contribution < -0.4 is 0 Å². The molecule has 2 rings (SSSR count). The van der Waals surface area contributed by atoms with Crippen LogP contribution in [0.25, 0.3) is 0 Å². The molecule has 0 bridgehead atoms. The summed E-state index contributed by atoms with van der Waals surface area (Å²) in [7, 11) is 1.23. The average molecular weight is 238 g/mol. The average Bonchev–Trinajstić information content (AvgIpc) is 2.29. The van der Waals surface area contributed by atoms with Crippen molar-refractivity contribution in [2.24, 2.45) is 10.9 Å². The molecule has 2 aliphatic rings. The van der Waals surface area contributed by atoms with Crippen LogP contribution in [0.1, 0.15) is 0 Å². The normalized spacial score (nSPS) is 23.0. The highest BCUT2D eigenvalue weighted by molar-refractivity contribution is 6.47. The van der Waals surface area contributed by atoms with E-state index in [-0.39, 0.29) is 11.5 Å². The lowest BCUT2D eigenvalue weighted by Crippen LogP contribution is -2.28. The second-order valence-corrected chi connectivity index (χ2v) is 3.70. The van der Waals surface area contributed by atoms with Gasteiger partial charge in [0.25, 0.3) is 0 Å². The Morgan fingerprint density at radius 1 is 1.56 bits per heavy atom. The van der Waals surface area contributed by atoms with Gasteiger partial charge in [-0.05, 0) is 6.08 Å². The van der Waals surface area contributed by atoms with Crippen molar-refractivity contribution in [2.75, 3.05) is 7.11 Å². The molecule has 0 spiro atoms. The number of aliphatic imine (C=N–C) groups is 1. The highest BCUT2D eigenvalue weighted by Gasteiger charge is 2.30. The lowest BCUT2D eigenvalue weighted by molar-refractivity contribution is -0.136. The Morgan fingerprint density at radius 2 is 2.31 bits per heavy atom. The van der Waals surface area contributed by atoms with Crippen molar-refractivity contribution in [2.45, 2.75) is 0 Å². The van der Waals surface area contributed by atoms with E-state index in [1.807, 2.05) is 0 Å². The van der Waals surface area contributed by atoms with Crippen molar-refractivity contribution in [1.29, 1.82) is 0 Å². The van der Waals surface area contributed by atoms with E-state index in [0.29, 0.717) is 10.7 Å². The van der Waals surface area contributed by atoms with E-state index in [2.05, 4.69) is 9.73 Å². The fourth-order valence-corrected chi connectivity index (χ4v) is 1.76. The molecule has 1 atom stereocenters. The first-order valence-electron chi connectivity index (χ1n) is 4.60. The number of methoxy groups -OCH3 is 1. The fourth-order valence-electron chi connectivity index (χ4n) is 1.52. The Labute approximate surface area is 96.9 Å². The van der Waals surface area contributed by atoms with Gasteiger partial charge in [-0.2, -0.15) is 0 Å². The van der Waals surface area contributed by atoms with Crippen LogP contribution in [0, 0.1) is 5.92 Å². The second kappa shape index (κ2) is 4.06. The number of rotatable bonds is 1. The van der Waals surface area contributed by atoms with Crippen molar-refractivity contribution < 1.29 is 14.3 Å². The minimum absolute atomic E-state index is 0.0133. The zero-order chi connectivity index (χ0) is 11.7. The van der Waals surface area contributed by atoms with Gasteiger partial charge in [-0.25, -0.2) is 9.79 Å². The molecule has 0 amide bonds. The summed E-state index contributed by atoms with van der Waals surface area (Å²) in [5.41, 5.74) is 0.387. The monoisotopic (exact) mass is 237 g/mol. The molecule has 0 radical (unpaired) electrons. The van der Waals surface area contributed by atoms with Gasteiger partial charge < -0.3 is 4.74 Å². The van der Waals surface area contributed by atoms with E-state index in [1.165, 1.54) is 13.2 Å². The smallest absolute Gasteiger partial charge is 0.356 e. The van der Waals surface area contributed by atoms with Gasteiger partial charge in [0.1, 0.15) is 0 Å². The number of nitrogens with zero attached hydrogens (tertiary/aromatic N) is 1. The molecule has 1 unspecified atom stereocenters. The third-order valence-corrected chi connectivity index (χ3v) is 2.63. The van der Waals surface area contributed by atoms with Crippen LogP contribution in [-0.2, 0) is 14.3 Å². The highest BCUT2D eigenvalue weighted by atomic mass is 35.5. The van der Waals surface area contributed by atoms with Gasteiger partial charge in [-0.3, -0.25) is 4.79 Å². The number of allylic oxidation sites excluding steroid dienone is 5. The summed E-state index contributed by atoms with van der Waals surface area (Å²) in [6.07, 6.45) is 6.20. The highest BCUT2D eigenvalue weighted by Crippen LogP contribution is 2.25. The number of ketones is 1. The molecular formula is C11H8ClNO3. The zero-order valence-electron chi connectivity index (χ0n) is 8.44. The van der Waals surface area contributed by atoms with Crippen molar-refractivity contribution in [1.82, 2.24) is 0 Å². The third kappa shape index (κ3) is 1.72. The Balaban J connectivity index is 2.43. The molecule has 82 valence electrons. The number of esters is 1. The van der Waals surface area contributed by atoms with Crippen LogP contribution in [0.5, 0.6) is 0 Å². The molecule has 1 heterocycles. The molecule has 16 heavy (non-hydrogen) atoms. The minimum atomic E-state index is -0.640. The first-order valence-corrected chi connectivity index (χ1v) is 4.98. The lowest BCUT2D eigenvalue weighted by Gasteiger charge is -2.19. The molecule has 0 aromatic heterocycles. The van der Waals surface area contributed by atoms with E-state index in [1.54, 1.807) is 18.2 Å². The van der Waals surface area contributed by atoms with Crippen LogP contribution in [0.15, 0.2) is 40.0 Å². The summed E-state index contributed by atoms with van der Waals surface area (Å²) in [5, 5.41) is 0.371. The van der Waals surface area contributed by atoms with Gasteiger partial charge in [0.15, 0.2) is 11.5 Å². The molecule has 1 aliphatic heterocycles. The molecule has 0 aromatic carbocycles. The summed E-state index contributed by atoms with van der Waals surface area (Å²) >= 11 is 5.92. The Hall–Kier alpha value is -1.68. The molecule has 0 aromatic rings. The van der Waals surface area contributed by atoms with Crippen LogP contribution in [0.4, 0.5) is 0 Å². The fraction of sp³-hybridized carbons (Fsp3) is 0.182. The summed E-state index contributed by atoms with van der Waals surface area (Å²) in [4.78, 5) is 27.0. The SMILES string of the molecule is COC(=O)C1=CC(=O)C2C=CC=C(Cl)C2=N1. The number of fused-ring (bicyclic) bond motifs is 1.